The molecule has 1 amide bonds. The van der Waals surface area contributed by atoms with Crippen molar-refractivity contribution >= 4 is 40.7 Å². The van der Waals surface area contributed by atoms with Gasteiger partial charge < -0.3 is 44.8 Å². The van der Waals surface area contributed by atoms with Gasteiger partial charge >= 0.3 is 0 Å². The van der Waals surface area contributed by atoms with E-state index >= 15 is 0 Å². The normalized spacial score (nSPS) is 26.3. The second kappa shape index (κ2) is 14.3. The lowest BCUT2D eigenvalue weighted by Crippen LogP contribution is -3.09. The zero-order valence-electron chi connectivity index (χ0n) is 28.0. The van der Waals surface area contributed by atoms with Crippen LogP contribution in [0.3, 0.4) is 0 Å². The molecule has 6 atom stereocenters. The van der Waals surface area contributed by atoms with Gasteiger partial charge in [-0.25, -0.2) is 9.89 Å². The summed E-state index contributed by atoms with van der Waals surface area (Å²) in [5, 5.41) is 73.4. The number of aliphatic hydroxyl groups is 6. The van der Waals surface area contributed by atoms with Gasteiger partial charge in [0.05, 0.1) is 18.8 Å². The number of nitrogens with zero attached hydrogens (tertiary/aromatic N) is 2. The third-order valence-electron chi connectivity index (χ3n) is 9.68. The summed E-state index contributed by atoms with van der Waals surface area (Å²) in [4.78, 5) is 49.9. The van der Waals surface area contributed by atoms with Crippen molar-refractivity contribution < 1.29 is 64.1 Å². The molecule has 1 aliphatic carbocycles. The first-order chi connectivity index (χ1) is 25.5. The summed E-state index contributed by atoms with van der Waals surface area (Å²) in [7, 11) is 0. The molecule has 0 radical (unpaired) electrons. The monoisotopic (exact) mass is 730 g/mol. The second-order valence-corrected chi connectivity index (χ2v) is 12.8. The number of amidine groups is 1. The maximum Gasteiger partial charge on any atom is 0.284 e. The first kappa shape index (κ1) is 36.1. The second-order valence-electron chi connectivity index (χ2n) is 12.8. The Morgan fingerprint density at radius 3 is 2.38 bits per heavy atom. The van der Waals surface area contributed by atoms with Gasteiger partial charge in [0.25, 0.3) is 11.7 Å². The quantitative estimate of drug-likeness (QED) is 0.0793. The molecule has 3 aliphatic heterocycles. The molecule has 53 heavy (non-hydrogen) atoms. The van der Waals surface area contributed by atoms with Gasteiger partial charge in [0.1, 0.15) is 30.6 Å². The topological polar surface area (TPSA) is 265 Å². The van der Waals surface area contributed by atoms with Crippen LogP contribution in [-0.2, 0) is 16.0 Å². The largest absolute Gasteiger partial charge is 0.486 e. The summed E-state index contributed by atoms with van der Waals surface area (Å²) in [6, 6.07) is 14.7. The maximum absolute atomic E-state index is 14.1. The molecule has 7 rings (SSSR count). The van der Waals surface area contributed by atoms with Gasteiger partial charge in [-0.15, -0.1) is 0 Å². The van der Waals surface area contributed by atoms with Crippen molar-refractivity contribution in [1.82, 2.24) is 5.32 Å². The minimum Gasteiger partial charge on any atom is -0.486 e. The van der Waals surface area contributed by atoms with E-state index in [1.807, 2.05) is 0 Å². The fraction of sp³-hybridized carbons (Fsp3) is 0.333. The summed E-state index contributed by atoms with van der Waals surface area (Å²) >= 11 is 0. The molecule has 0 spiro atoms. The van der Waals surface area contributed by atoms with Crippen molar-refractivity contribution in [2.24, 2.45) is 9.98 Å². The van der Waals surface area contributed by atoms with Crippen LogP contribution in [-0.4, -0.2) is 129 Å². The van der Waals surface area contributed by atoms with Gasteiger partial charge in [-0.1, -0.05) is 42.5 Å². The molecule has 3 aromatic rings. The molecule has 0 saturated carbocycles. The molecule has 1 saturated heterocycles. The number of quaternary nitrogens is 1. The third kappa shape index (κ3) is 6.12. The molecule has 1 fully saturated rings. The van der Waals surface area contributed by atoms with Crippen LogP contribution in [0.25, 0.3) is 0 Å². The molecule has 4 aliphatic rings. The number of guanidine groups is 1. The predicted octanol–water partition coefficient (Wildman–Crippen LogP) is -2.25. The van der Waals surface area contributed by atoms with E-state index < -0.39 is 73.9 Å². The highest BCUT2D eigenvalue weighted by atomic mass is 16.7. The smallest absolute Gasteiger partial charge is 0.284 e. The fourth-order valence-corrected chi connectivity index (χ4v) is 7.08. The summed E-state index contributed by atoms with van der Waals surface area (Å²) in [5.74, 6) is -2.31. The Balaban J connectivity index is 1.41. The number of benzene rings is 3. The van der Waals surface area contributed by atoms with Crippen LogP contribution in [0.1, 0.15) is 49.4 Å². The van der Waals surface area contributed by atoms with Gasteiger partial charge in [-0.3, -0.25) is 25.1 Å². The lowest BCUT2D eigenvalue weighted by atomic mass is 9.81. The SMILES string of the molecule is N=C1N=C2C(=NC[NH+]2c2ccccc2Cc2cc3c(c(OCCO)c2OC2OC(CO)C(O)C(O)C2(O)CCO)C(=O)c2ccccc2C3=O)C(=O)N1. The lowest BCUT2D eigenvalue weighted by molar-refractivity contribution is -0.723. The standard InChI is InChI=1S/C36H35N5O12/c37-35-39-32-25(33(49)40-35)38-16-41(32)22-8-4-1-5-17(22)13-18-14-21-24(27(46)20-7-3-2-6-19(20)26(21)45)30(51-12-11-43)29(18)53-34-36(50,9-10-42)31(48)28(47)23(15-44)52-34/h1-8,14,23,28,31,34,42-44,47-48,50H,9-13,15-16H2,(H2,37,40,49)/p+1. The van der Waals surface area contributed by atoms with Crippen LogP contribution in [0.15, 0.2) is 64.6 Å². The minimum absolute atomic E-state index is 0.0405. The summed E-state index contributed by atoms with van der Waals surface area (Å²) < 4.78 is 18.1. The molecule has 17 heteroatoms. The minimum atomic E-state index is -2.47. The maximum atomic E-state index is 14.1. The van der Waals surface area contributed by atoms with Crippen LogP contribution < -0.4 is 19.7 Å². The molecule has 276 valence electrons. The molecule has 17 nitrogen and oxygen atoms in total. The number of ketones is 2. The Morgan fingerprint density at radius 2 is 1.66 bits per heavy atom. The number of nitrogens with one attached hydrogen (secondary N) is 3. The Bertz CT molecular complexity index is 2080. The predicted molar refractivity (Wildman–Crippen MR) is 183 cm³/mol. The van der Waals surface area contributed by atoms with Gasteiger partial charge in [0.2, 0.25) is 18.0 Å². The van der Waals surface area contributed by atoms with E-state index in [1.54, 1.807) is 36.4 Å². The molecule has 9 N–H and O–H groups in total. The first-order valence-corrected chi connectivity index (χ1v) is 16.7. The van der Waals surface area contributed by atoms with E-state index in [4.69, 9.17) is 19.6 Å². The Labute approximate surface area is 300 Å². The van der Waals surface area contributed by atoms with E-state index in [2.05, 4.69) is 15.3 Å². The number of hydrogen-bond acceptors (Lipinski definition) is 14. The third-order valence-corrected chi connectivity index (χ3v) is 9.68. The number of fused-ring (bicyclic) bond motifs is 3. The summed E-state index contributed by atoms with van der Waals surface area (Å²) in [6.07, 6.45) is -7.73. The van der Waals surface area contributed by atoms with Crippen molar-refractivity contribution in [3.63, 3.8) is 0 Å². The molecule has 3 aromatic carbocycles. The van der Waals surface area contributed by atoms with Crippen molar-refractivity contribution in [1.29, 1.82) is 5.41 Å². The summed E-state index contributed by atoms with van der Waals surface area (Å²) in [6.45, 7) is -2.29. The van der Waals surface area contributed by atoms with Crippen LogP contribution >= 0.6 is 0 Å². The van der Waals surface area contributed by atoms with Crippen molar-refractivity contribution in [2.75, 3.05) is 33.1 Å². The molecule has 6 unspecified atom stereocenters. The molecular formula is C36H36N5O12+. The number of para-hydroxylation sites is 1. The zero-order valence-corrected chi connectivity index (χ0v) is 28.0. The highest BCUT2D eigenvalue weighted by molar-refractivity contribution is 6.68. The zero-order chi connectivity index (χ0) is 37.6. The number of ether oxygens (including phenoxy) is 3. The average Bonchev–Trinajstić information content (AvgIpc) is 3.58. The number of carbonyl (C=O) groups is 3. The Kier molecular flexibility index (Phi) is 9.75. The van der Waals surface area contributed by atoms with E-state index in [-0.39, 0.29) is 76.5 Å². The van der Waals surface area contributed by atoms with Gasteiger partial charge in [-0.05, 0) is 12.1 Å². The van der Waals surface area contributed by atoms with Crippen LogP contribution in [0, 0.1) is 5.41 Å². The van der Waals surface area contributed by atoms with E-state index in [0.717, 1.165) is 0 Å². The summed E-state index contributed by atoms with van der Waals surface area (Å²) in [5.41, 5.74) is -1.01. The molecule has 0 bridgehead atoms. The lowest BCUT2D eigenvalue weighted by Gasteiger charge is -2.47. The number of carbonyl (C=O) groups excluding carboxylic acids is 3. The Morgan fingerprint density at radius 1 is 0.943 bits per heavy atom. The number of aliphatic imine (C=N–C) groups is 2. The van der Waals surface area contributed by atoms with E-state index in [9.17, 15) is 45.0 Å². The van der Waals surface area contributed by atoms with Crippen LogP contribution in [0.2, 0.25) is 0 Å². The fourth-order valence-electron chi connectivity index (χ4n) is 7.08. The molecule has 0 aromatic heterocycles. The van der Waals surface area contributed by atoms with Crippen molar-refractivity contribution in [3.05, 3.63) is 88.0 Å². The van der Waals surface area contributed by atoms with Crippen LogP contribution in [0.4, 0.5) is 5.69 Å². The molecule has 3 heterocycles. The van der Waals surface area contributed by atoms with E-state index in [1.165, 1.54) is 18.2 Å². The Hall–Kier alpha value is -5.24. The highest BCUT2D eigenvalue weighted by Crippen LogP contribution is 2.46. The number of rotatable bonds is 11. The number of amides is 1. The van der Waals surface area contributed by atoms with Crippen molar-refractivity contribution in [2.45, 2.75) is 43.0 Å². The van der Waals surface area contributed by atoms with Gasteiger partial charge in [0, 0.05) is 47.3 Å². The first-order valence-electron chi connectivity index (χ1n) is 16.7. The number of hydrogen-bond donors (Lipinski definition) is 9. The highest BCUT2D eigenvalue weighted by Gasteiger charge is 2.56. The molecular weight excluding hydrogens is 694 g/mol. The van der Waals surface area contributed by atoms with Gasteiger partial charge in [0.15, 0.2) is 35.3 Å². The average molecular weight is 731 g/mol. The van der Waals surface area contributed by atoms with Crippen molar-refractivity contribution in [3.8, 4) is 11.5 Å². The van der Waals surface area contributed by atoms with Gasteiger partial charge in [-0.2, -0.15) is 4.99 Å². The van der Waals surface area contributed by atoms with E-state index in [0.29, 0.717) is 16.2 Å². The number of aliphatic hydroxyl groups excluding tert-OH is 5. The van der Waals surface area contributed by atoms with Crippen LogP contribution in [0.5, 0.6) is 11.5 Å².